The Morgan fingerprint density at radius 3 is 2.82 bits per heavy atom. The van der Waals surface area contributed by atoms with Gasteiger partial charge in [0.15, 0.2) is 0 Å². The molecule has 1 heterocycles. The highest BCUT2D eigenvalue weighted by Gasteiger charge is 2.25. The Balaban J connectivity index is 2.42. The summed E-state index contributed by atoms with van der Waals surface area (Å²) < 4.78 is 0. The molecule has 2 rings (SSSR count). The van der Waals surface area contributed by atoms with Crippen molar-refractivity contribution in [2.45, 2.75) is 18.9 Å². The molecule has 0 aliphatic carbocycles. The average molecular weight is 233 g/mol. The lowest BCUT2D eigenvalue weighted by Crippen LogP contribution is -2.34. The summed E-state index contributed by atoms with van der Waals surface area (Å²) in [5.41, 5.74) is 10.1. The molecular weight excluding hydrogens is 210 g/mol. The number of nitrogens with zero attached hydrogens (tertiary/aromatic N) is 2. The van der Waals surface area contributed by atoms with Crippen molar-refractivity contribution in [3.05, 3.63) is 29.3 Å². The normalized spacial score (nSPS) is 20.1. The number of hydrogen-bond acceptors (Lipinski definition) is 3. The smallest absolute Gasteiger partial charge is 0.0397 e. The SMILES string of the molecule is CN(C)c1cccc2c1CCN(C)C2CCN. The Morgan fingerprint density at radius 2 is 2.18 bits per heavy atom. The average Bonchev–Trinajstić information content (AvgIpc) is 2.32. The second kappa shape index (κ2) is 5.07. The van der Waals surface area contributed by atoms with Gasteiger partial charge in [-0.25, -0.2) is 0 Å². The molecule has 17 heavy (non-hydrogen) atoms. The topological polar surface area (TPSA) is 32.5 Å². The number of fused-ring (bicyclic) bond motifs is 1. The van der Waals surface area contributed by atoms with Crippen LogP contribution in [0.5, 0.6) is 0 Å². The quantitative estimate of drug-likeness (QED) is 0.861. The molecule has 3 heteroatoms. The van der Waals surface area contributed by atoms with Crippen LogP contribution < -0.4 is 10.6 Å². The van der Waals surface area contributed by atoms with Crippen molar-refractivity contribution < 1.29 is 0 Å². The lowest BCUT2D eigenvalue weighted by molar-refractivity contribution is 0.222. The van der Waals surface area contributed by atoms with E-state index in [0.717, 1.165) is 25.9 Å². The van der Waals surface area contributed by atoms with E-state index < -0.39 is 0 Å². The lowest BCUT2D eigenvalue weighted by Gasteiger charge is -2.36. The summed E-state index contributed by atoms with van der Waals surface area (Å²) in [7, 11) is 6.43. The number of anilines is 1. The lowest BCUT2D eigenvalue weighted by atomic mass is 9.89. The predicted molar refractivity (Wildman–Crippen MR) is 73.5 cm³/mol. The van der Waals surface area contributed by atoms with Gasteiger partial charge in [0.2, 0.25) is 0 Å². The van der Waals surface area contributed by atoms with Crippen LogP contribution in [0.15, 0.2) is 18.2 Å². The Hall–Kier alpha value is -1.06. The van der Waals surface area contributed by atoms with E-state index in [1.807, 2.05) is 0 Å². The summed E-state index contributed by atoms with van der Waals surface area (Å²) in [6, 6.07) is 7.13. The van der Waals surface area contributed by atoms with Crippen LogP contribution in [0.1, 0.15) is 23.6 Å². The summed E-state index contributed by atoms with van der Waals surface area (Å²) in [4.78, 5) is 4.64. The van der Waals surface area contributed by atoms with E-state index in [2.05, 4.69) is 49.1 Å². The van der Waals surface area contributed by atoms with Gasteiger partial charge < -0.3 is 10.6 Å². The second-order valence-corrected chi connectivity index (χ2v) is 5.06. The summed E-state index contributed by atoms with van der Waals surface area (Å²) in [6.07, 6.45) is 2.18. The van der Waals surface area contributed by atoms with Gasteiger partial charge >= 0.3 is 0 Å². The molecule has 0 spiro atoms. The molecule has 3 nitrogen and oxygen atoms in total. The van der Waals surface area contributed by atoms with Gasteiger partial charge in [-0.05, 0) is 43.6 Å². The zero-order valence-corrected chi connectivity index (χ0v) is 11.1. The summed E-state index contributed by atoms with van der Waals surface area (Å²) in [5.74, 6) is 0. The van der Waals surface area contributed by atoms with Crippen LogP contribution in [0.4, 0.5) is 5.69 Å². The number of benzene rings is 1. The Bertz CT molecular complexity index is 387. The van der Waals surface area contributed by atoms with Crippen LogP contribution in [0.3, 0.4) is 0 Å². The fourth-order valence-electron chi connectivity index (χ4n) is 2.81. The number of likely N-dealkylation sites (N-methyl/N-ethyl adjacent to an activating group) is 1. The van der Waals surface area contributed by atoms with Crippen LogP contribution in [0.2, 0.25) is 0 Å². The van der Waals surface area contributed by atoms with Crippen LogP contribution >= 0.6 is 0 Å². The maximum absolute atomic E-state index is 5.74. The molecular formula is C14H23N3. The van der Waals surface area contributed by atoms with Gasteiger partial charge in [-0.3, -0.25) is 4.90 Å². The molecule has 1 aliphatic heterocycles. The maximum Gasteiger partial charge on any atom is 0.0397 e. The van der Waals surface area contributed by atoms with Gasteiger partial charge in [0.25, 0.3) is 0 Å². The number of hydrogen-bond donors (Lipinski definition) is 1. The van der Waals surface area contributed by atoms with Crippen LogP contribution in [0.25, 0.3) is 0 Å². The van der Waals surface area contributed by atoms with Crippen molar-refractivity contribution in [2.24, 2.45) is 5.73 Å². The molecule has 0 aromatic heterocycles. The first kappa shape index (κ1) is 12.4. The molecule has 1 aromatic carbocycles. The zero-order valence-electron chi connectivity index (χ0n) is 11.1. The molecule has 0 bridgehead atoms. The van der Waals surface area contributed by atoms with Crippen LogP contribution in [-0.2, 0) is 6.42 Å². The second-order valence-electron chi connectivity index (χ2n) is 5.06. The van der Waals surface area contributed by atoms with Crippen molar-refractivity contribution in [1.82, 2.24) is 4.90 Å². The van der Waals surface area contributed by atoms with Gasteiger partial charge in [0.05, 0.1) is 0 Å². The van der Waals surface area contributed by atoms with E-state index in [-0.39, 0.29) is 0 Å². The van der Waals surface area contributed by atoms with Crippen molar-refractivity contribution in [1.29, 1.82) is 0 Å². The van der Waals surface area contributed by atoms with E-state index >= 15 is 0 Å². The van der Waals surface area contributed by atoms with Gasteiger partial charge in [0, 0.05) is 32.4 Å². The van der Waals surface area contributed by atoms with Crippen molar-refractivity contribution in [2.75, 3.05) is 39.1 Å². The third-order valence-electron chi connectivity index (χ3n) is 3.72. The monoisotopic (exact) mass is 233 g/mol. The molecule has 0 amide bonds. The largest absolute Gasteiger partial charge is 0.377 e. The molecule has 0 saturated heterocycles. The zero-order chi connectivity index (χ0) is 12.4. The minimum atomic E-state index is 0.489. The number of nitrogens with two attached hydrogens (primary N) is 1. The molecule has 0 saturated carbocycles. The van der Waals surface area contributed by atoms with Crippen LogP contribution in [0, 0.1) is 0 Å². The third kappa shape index (κ3) is 2.31. The van der Waals surface area contributed by atoms with Crippen molar-refractivity contribution in [3.8, 4) is 0 Å². The summed E-state index contributed by atoms with van der Waals surface area (Å²) >= 11 is 0. The van der Waals surface area contributed by atoms with Gasteiger partial charge in [-0.15, -0.1) is 0 Å². The summed E-state index contributed by atoms with van der Waals surface area (Å²) in [5, 5.41) is 0. The molecule has 1 atom stereocenters. The predicted octanol–water partition coefficient (Wildman–Crippen LogP) is 1.63. The van der Waals surface area contributed by atoms with Crippen molar-refractivity contribution in [3.63, 3.8) is 0 Å². The van der Waals surface area contributed by atoms with Gasteiger partial charge in [-0.1, -0.05) is 12.1 Å². The van der Waals surface area contributed by atoms with Gasteiger partial charge in [-0.2, -0.15) is 0 Å². The van der Waals surface area contributed by atoms with E-state index in [9.17, 15) is 0 Å². The van der Waals surface area contributed by atoms with E-state index in [1.165, 1.54) is 16.8 Å². The number of rotatable bonds is 3. The summed E-state index contributed by atoms with van der Waals surface area (Å²) in [6.45, 7) is 1.88. The molecule has 1 aromatic rings. The van der Waals surface area contributed by atoms with E-state index in [1.54, 1.807) is 0 Å². The third-order valence-corrected chi connectivity index (χ3v) is 3.72. The Kier molecular flexibility index (Phi) is 3.69. The molecule has 0 fully saturated rings. The van der Waals surface area contributed by atoms with Gasteiger partial charge in [0.1, 0.15) is 0 Å². The Morgan fingerprint density at radius 1 is 1.41 bits per heavy atom. The van der Waals surface area contributed by atoms with E-state index in [4.69, 9.17) is 5.73 Å². The maximum atomic E-state index is 5.74. The fourth-order valence-corrected chi connectivity index (χ4v) is 2.81. The molecule has 0 radical (unpaired) electrons. The molecule has 2 N–H and O–H groups in total. The minimum Gasteiger partial charge on any atom is -0.377 e. The standard InChI is InChI=1S/C14H23N3/c1-16(2)13-6-4-5-11-12(13)8-10-17(3)14(11)7-9-15/h4-6,14H,7-10,15H2,1-3H3. The molecule has 1 unspecified atom stereocenters. The highest BCUT2D eigenvalue weighted by atomic mass is 15.1. The molecule has 94 valence electrons. The first-order valence-electron chi connectivity index (χ1n) is 6.34. The van der Waals surface area contributed by atoms with Crippen LogP contribution in [-0.4, -0.2) is 39.1 Å². The fraction of sp³-hybridized carbons (Fsp3) is 0.571. The highest BCUT2D eigenvalue weighted by Crippen LogP contribution is 2.35. The minimum absolute atomic E-state index is 0.489. The van der Waals surface area contributed by atoms with E-state index in [0.29, 0.717) is 6.04 Å². The first-order chi connectivity index (χ1) is 8.15. The highest BCUT2D eigenvalue weighted by molar-refractivity contribution is 5.57. The van der Waals surface area contributed by atoms with Crippen molar-refractivity contribution >= 4 is 5.69 Å². The Labute approximate surface area is 104 Å². The first-order valence-corrected chi connectivity index (χ1v) is 6.34. The molecule has 1 aliphatic rings.